The molecule has 2 rings (SSSR count). The molecule has 2 unspecified atom stereocenters. The molecule has 2 atom stereocenters. The van der Waals surface area contributed by atoms with Crippen LogP contribution in [0.25, 0.3) is 0 Å². The van der Waals surface area contributed by atoms with Gasteiger partial charge in [-0.3, -0.25) is 4.68 Å². The number of aromatic nitrogens is 2. The Kier molecular flexibility index (Phi) is 4.21. The number of nitrogens with one attached hydrogen (secondary N) is 1. The topological polar surface area (TPSA) is 29.9 Å². The van der Waals surface area contributed by atoms with Gasteiger partial charge in [-0.15, -0.1) is 0 Å². The van der Waals surface area contributed by atoms with Crippen LogP contribution in [0.2, 0.25) is 0 Å². The van der Waals surface area contributed by atoms with E-state index in [1.807, 2.05) is 17.9 Å². The molecule has 96 valence electrons. The second kappa shape index (κ2) is 5.67. The molecular formula is C14H25N3. The maximum Gasteiger partial charge on any atom is 0.0537 e. The lowest BCUT2D eigenvalue weighted by Gasteiger charge is -2.16. The Bertz CT molecular complexity index is 356. The van der Waals surface area contributed by atoms with Crippen molar-refractivity contribution >= 4 is 0 Å². The summed E-state index contributed by atoms with van der Waals surface area (Å²) < 4.78 is 1.95. The van der Waals surface area contributed by atoms with Crippen molar-refractivity contribution in [2.24, 2.45) is 13.0 Å². The van der Waals surface area contributed by atoms with Gasteiger partial charge in [0, 0.05) is 30.9 Å². The molecule has 3 nitrogen and oxygen atoms in total. The monoisotopic (exact) mass is 235 g/mol. The number of rotatable bonds is 3. The van der Waals surface area contributed by atoms with E-state index in [1.165, 1.54) is 43.4 Å². The third kappa shape index (κ3) is 3.32. The summed E-state index contributed by atoms with van der Waals surface area (Å²) in [5, 5.41) is 7.99. The van der Waals surface area contributed by atoms with E-state index in [0.717, 1.165) is 12.5 Å². The molecule has 0 radical (unpaired) electrons. The second-order valence-corrected chi connectivity index (χ2v) is 5.57. The minimum atomic E-state index is 0.708. The van der Waals surface area contributed by atoms with Crippen molar-refractivity contribution < 1.29 is 0 Å². The van der Waals surface area contributed by atoms with Crippen LogP contribution in [-0.4, -0.2) is 15.8 Å². The Balaban J connectivity index is 1.83. The summed E-state index contributed by atoms with van der Waals surface area (Å²) in [5.41, 5.74) is 2.62. The van der Waals surface area contributed by atoms with Crippen LogP contribution in [0.1, 0.15) is 50.3 Å². The molecule has 1 fully saturated rings. The van der Waals surface area contributed by atoms with E-state index in [1.54, 1.807) is 0 Å². The quantitative estimate of drug-likeness (QED) is 0.816. The summed E-state index contributed by atoms with van der Waals surface area (Å²) in [6, 6.07) is 0.708. The fraction of sp³-hybridized carbons (Fsp3) is 0.786. The van der Waals surface area contributed by atoms with Crippen LogP contribution >= 0.6 is 0 Å². The van der Waals surface area contributed by atoms with E-state index >= 15 is 0 Å². The van der Waals surface area contributed by atoms with Gasteiger partial charge in [-0.25, -0.2) is 0 Å². The Labute approximate surface area is 105 Å². The number of hydrogen-bond donors (Lipinski definition) is 1. The van der Waals surface area contributed by atoms with Crippen LogP contribution in [0.3, 0.4) is 0 Å². The Morgan fingerprint density at radius 2 is 2.18 bits per heavy atom. The van der Waals surface area contributed by atoms with Gasteiger partial charge in [0.1, 0.15) is 0 Å². The molecule has 0 saturated heterocycles. The van der Waals surface area contributed by atoms with Crippen LogP contribution in [0, 0.1) is 12.8 Å². The zero-order chi connectivity index (χ0) is 12.3. The van der Waals surface area contributed by atoms with Gasteiger partial charge >= 0.3 is 0 Å². The second-order valence-electron chi connectivity index (χ2n) is 5.57. The number of nitrogens with zero attached hydrogens (tertiary/aromatic N) is 2. The normalized spacial score (nSPS) is 25.8. The maximum atomic E-state index is 4.29. The molecule has 1 heterocycles. The fourth-order valence-corrected chi connectivity index (χ4v) is 2.66. The van der Waals surface area contributed by atoms with E-state index < -0.39 is 0 Å². The van der Waals surface area contributed by atoms with E-state index in [-0.39, 0.29) is 0 Å². The molecule has 1 aromatic heterocycles. The highest BCUT2D eigenvalue weighted by atomic mass is 15.3. The first-order valence-electron chi connectivity index (χ1n) is 6.87. The van der Waals surface area contributed by atoms with Crippen molar-refractivity contribution in [2.75, 3.05) is 0 Å². The standard InChI is InChI=1S/C14H25N3/c1-11-5-4-6-14(8-7-11)15-9-13-10-16-17(3)12(13)2/h10-11,14-15H,4-9H2,1-3H3. The van der Waals surface area contributed by atoms with Crippen molar-refractivity contribution in [1.29, 1.82) is 0 Å². The molecule has 0 spiro atoms. The van der Waals surface area contributed by atoms with Gasteiger partial charge in [0.2, 0.25) is 0 Å². The Morgan fingerprint density at radius 1 is 1.35 bits per heavy atom. The Hall–Kier alpha value is -0.830. The van der Waals surface area contributed by atoms with Crippen molar-refractivity contribution in [1.82, 2.24) is 15.1 Å². The lowest BCUT2D eigenvalue weighted by atomic mass is 10.0. The zero-order valence-corrected chi connectivity index (χ0v) is 11.4. The van der Waals surface area contributed by atoms with Crippen molar-refractivity contribution in [3.05, 3.63) is 17.5 Å². The molecule has 17 heavy (non-hydrogen) atoms. The average Bonchev–Trinajstić information content (AvgIpc) is 2.53. The fourth-order valence-electron chi connectivity index (χ4n) is 2.66. The van der Waals surface area contributed by atoms with E-state index in [2.05, 4.69) is 24.3 Å². The van der Waals surface area contributed by atoms with E-state index in [0.29, 0.717) is 6.04 Å². The molecule has 0 aliphatic heterocycles. The van der Waals surface area contributed by atoms with Crippen LogP contribution in [-0.2, 0) is 13.6 Å². The van der Waals surface area contributed by atoms with Gasteiger partial charge in [0.25, 0.3) is 0 Å². The molecule has 0 amide bonds. The van der Waals surface area contributed by atoms with Gasteiger partial charge in [0.15, 0.2) is 0 Å². The minimum Gasteiger partial charge on any atom is -0.310 e. The SMILES string of the molecule is Cc1c(CNC2CCCC(C)CC2)cnn1C. The lowest BCUT2D eigenvalue weighted by Crippen LogP contribution is -2.28. The van der Waals surface area contributed by atoms with Gasteiger partial charge < -0.3 is 5.32 Å². The molecule has 0 aromatic carbocycles. The van der Waals surface area contributed by atoms with Crippen molar-refractivity contribution in [2.45, 2.75) is 58.5 Å². The summed E-state index contributed by atoms with van der Waals surface area (Å²) in [6.45, 7) is 5.49. The maximum absolute atomic E-state index is 4.29. The third-order valence-corrected chi connectivity index (χ3v) is 4.18. The summed E-state index contributed by atoms with van der Waals surface area (Å²) in [6.07, 6.45) is 8.82. The smallest absolute Gasteiger partial charge is 0.0537 e. The highest BCUT2D eigenvalue weighted by Gasteiger charge is 2.16. The Morgan fingerprint density at radius 3 is 2.88 bits per heavy atom. The highest BCUT2D eigenvalue weighted by Crippen LogP contribution is 2.22. The molecular weight excluding hydrogens is 210 g/mol. The first-order valence-corrected chi connectivity index (χ1v) is 6.87. The lowest BCUT2D eigenvalue weighted by molar-refractivity contribution is 0.447. The van der Waals surface area contributed by atoms with Gasteiger partial charge in [0.05, 0.1) is 6.20 Å². The summed E-state index contributed by atoms with van der Waals surface area (Å²) in [7, 11) is 2.01. The molecule has 3 heteroatoms. The summed E-state index contributed by atoms with van der Waals surface area (Å²) in [5.74, 6) is 0.918. The predicted octanol–water partition coefficient (Wildman–Crippen LogP) is 2.79. The molecule has 1 N–H and O–H groups in total. The van der Waals surface area contributed by atoms with E-state index in [9.17, 15) is 0 Å². The zero-order valence-electron chi connectivity index (χ0n) is 11.4. The van der Waals surface area contributed by atoms with Gasteiger partial charge in [-0.1, -0.05) is 19.8 Å². The minimum absolute atomic E-state index is 0.708. The predicted molar refractivity (Wildman–Crippen MR) is 70.8 cm³/mol. The summed E-state index contributed by atoms with van der Waals surface area (Å²) >= 11 is 0. The van der Waals surface area contributed by atoms with Crippen molar-refractivity contribution in [3.63, 3.8) is 0 Å². The molecule has 1 aliphatic rings. The molecule has 0 bridgehead atoms. The number of hydrogen-bond acceptors (Lipinski definition) is 2. The molecule has 1 saturated carbocycles. The first-order chi connectivity index (χ1) is 8.16. The first kappa shape index (κ1) is 12.6. The van der Waals surface area contributed by atoms with E-state index in [4.69, 9.17) is 0 Å². The van der Waals surface area contributed by atoms with Crippen LogP contribution in [0.4, 0.5) is 0 Å². The van der Waals surface area contributed by atoms with Crippen LogP contribution in [0.15, 0.2) is 6.20 Å². The third-order valence-electron chi connectivity index (χ3n) is 4.18. The van der Waals surface area contributed by atoms with Crippen molar-refractivity contribution in [3.8, 4) is 0 Å². The molecule has 1 aliphatic carbocycles. The van der Waals surface area contributed by atoms with Gasteiger partial charge in [-0.05, 0) is 32.1 Å². The highest BCUT2D eigenvalue weighted by molar-refractivity contribution is 5.15. The summed E-state index contributed by atoms with van der Waals surface area (Å²) in [4.78, 5) is 0. The van der Waals surface area contributed by atoms with Crippen LogP contribution in [0.5, 0.6) is 0 Å². The molecule has 1 aromatic rings. The average molecular weight is 235 g/mol. The van der Waals surface area contributed by atoms with Gasteiger partial charge in [-0.2, -0.15) is 5.10 Å². The van der Waals surface area contributed by atoms with Crippen LogP contribution < -0.4 is 5.32 Å². The largest absolute Gasteiger partial charge is 0.310 e. The number of aryl methyl sites for hydroxylation is 1.